The second-order valence-corrected chi connectivity index (χ2v) is 7.54. The molecule has 0 amide bonds. The highest BCUT2D eigenvalue weighted by Crippen LogP contribution is 2.36. The van der Waals surface area contributed by atoms with Crippen molar-refractivity contribution in [2.24, 2.45) is 0 Å². The van der Waals surface area contributed by atoms with Gasteiger partial charge in [-0.3, -0.25) is 4.90 Å². The molecule has 2 aliphatic rings. The molecule has 110 valence electrons. The lowest BCUT2D eigenvalue weighted by Gasteiger charge is -2.48. The SMILES string of the molecule is CC1CNC2(CCCC2)CN1C(C)c1cccc(Br)c1. The van der Waals surface area contributed by atoms with E-state index in [4.69, 9.17) is 0 Å². The molecule has 2 nitrogen and oxygen atoms in total. The van der Waals surface area contributed by atoms with Crippen LogP contribution in [0.3, 0.4) is 0 Å². The van der Waals surface area contributed by atoms with Crippen LogP contribution >= 0.6 is 15.9 Å². The van der Waals surface area contributed by atoms with Crippen LogP contribution < -0.4 is 5.32 Å². The van der Waals surface area contributed by atoms with Gasteiger partial charge < -0.3 is 5.32 Å². The van der Waals surface area contributed by atoms with Gasteiger partial charge in [-0.25, -0.2) is 0 Å². The molecule has 0 radical (unpaired) electrons. The molecule has 3 heteroatoms. The fourth-order valence-electron chi connectivity index (χ4n) is 3.91. The third-order valence-electron chi connectivity index (χ3n) is 5.21. The van der Waals surface area contributed by atoms with Gasteiger partial charge in [0.05, 0.1) is 0 Å². The van der Waals surface area contributed by atoms with Crippen LogP contribution in [0.5, 0.6) is 0 Å². The normalized spacial score (nSPS) is 27.9. The van der Waals surface area contributed by atoms with Crippen LogP contribution in [-0.4, -0.2) is 29.6 Å². The van der Waals surface area contributed by atoms with Crippen molar-refractivity contribution in [1.82, 2.24) is 10.2 Å². The molecule has 2 unspecified atom stereocenters. The van der Waals surface area contributed by atoms with E-state index in [1.54, 1.807) is 0 Å². The number of rotatable bonds is 2. The maximum absolute atomic E-state index is 3.84. The molecule has 20 heavy (non-hydrogen) atoms. The Labute approximate surface area is 131 Å². The van der Waals surface area contributed by atoms with E-state index < -0.39 is 0 Å². The Morgan fingerprint density at radius 2 is 2.10 bits per heavy atom. The minimum atomic E-state index is 0.396. The Morgan fingerprint density at radius 1 is 1.35 bits per heavy atom. The van der Waals surface area contributed by atoms with E-state index in [1.165, 1.54) is 42.3 Å². The van der Waals surface area contributed by atoms with E-state index in [-0.39, 0.29) is 0 Å². The molecular weight excluding hydrogens is 312 g/mol. The van der Waals surface area contributed by atoms with E-state index >= 15 is 0 Å². The van der Waals surface area contributed by atoms with Crippen LogP contribution in [0, 0.1) is 0 Å². The number of piperazine rings is 1. The molecule has 0 aromatic heterocycles. The summed E-state index contributed by atoms with van der Waals surface area (Å²) in [4.78, 5) is 2.70. The van der Waals surface area contributed by atoms with Gasteiger partial charge in [-0.2, -0.15) is 0 Å². The number of nitrogens with zero attached hydrogens (tertiary/aromatic N) is 1. The number of halogens is 1. The molecular formula is C17H25BrN2. The molecule has 1 aliphatic carbocycles. The lowest BCUT2D eigenvalue weighted by Crippen LogP contribution is -2.62. The smallest absolute Gasteiger partial charge is 0.0324 e. The van der Waals surface area contributed by atoms with E-state index in [9.17, 15) is 0 Å². The summed E-state index contributed by atoms with van der Waals surface area (Å²) < 4.78 is 1.18. The number of nitrogens with one attached hydrogen (secondary N) is 1. The molecule has 2 atom stereocenters. The van der Waals surface area contributed by atoms with Crippen molar-refractivity contribution in [3.8, 4) is 0 Å². The molecule has 1 saturated heterocycles. The monoisotopic (exact) mass is 336 g/mol. The Hall–Kier alpha value is -0.380. The lowest BCUT2D eigenvalue weighted by atomic mass is 9.90. The minimum Gasteiger partial charge on any atom is -0.308 e. The number of benzene rings is 1. The molecule has 1 spiro atoms. The number of hydrogen-bond acceptors (Lipinski definition) is 2. The Morgan fingerprint density at radius 3 is 2.80 bits per heavy atom. The van der Waals surface area contributed by atoms with Crippen LogP contribution in [0.25, 0.3) is 0 Å². The van der Waals surface area contributed by atoms with Crippen LogP contribution in [-0.2, 0) is 0 Å². The molecule has 1 saturated carbocycles. The molecule has 1 aliphatic heterocycles. The average molecular weight is 337 g/mol. The zero-order valence-corrected chi connectivity index (χ0v) is 14.1. The zero-order chi connectivity index (χ0) is 14.2. The fraction of sp³-hybridized carbons (Fsp3) is 0.647. The van der Waals surface area contributed by atoms with Crippen molar-refractivity contribution >= 4 is 15.9 Å². The summed E-state index contributed by atoms with van der Waals surface area (Å²) in [5, 5.41) is 3.84. The zero-order valence-electron chi connectivity index (χ0n) is 12.5. The molecule has 1 N–H and O–H groups in total. The summed E-state index contributed by atoms with van der Waals surface area (Å²) in [6.07, 6.45) is 5.48. The maximum atomic E-state index is 3.84. The van der Waals surface area contributed by atoms with Gasteiger partial charge in [0.2, 0.25) is 0 Å². The van der Waals surface area contributed by atoms with Gasteiger partial charge in [-0.1, -0.05) is 40.9 Å². The van der Waals surface area contributed by atoms with Crippen LogP contribution in [0.15, 0.2) is 28.7 Å². The summed E-state index contributed by atoms with van der Waals surface area (Å²) >= 11 is 3.60. The van der Waals surface area contributed by atoms with Gasteiger partial charge >= 0.3 is 0 Å². The van der Waals surface area contributed by atoms with Gasteiger partial charge in [0.25, 0.3) is 0 Å². The Kier molecular flexibility index (Phi) is 4.21. The topological polar surface area (TPSA) is 15.3 Å². The van der Waals surface area contributed by atoms with E-state index in [2.05, 4.69) is 64.3 Å². The van der Waals surface area contributed by atoms with E-state index in [0.717, 1.165) is 6.54 Å². The lowest BCUT2D eigenvalue weighted by molar-refractivity contribution is 0.0563. The molecule has 2 fully saturated rings. The van der Waals surface area contributed by atoms with Crippen molar-refractivity contribution in [2.45, 2.75) is 57.2 Å². The van der Waals surface area contributed by atoms with Crippen LogP contribution in [0.4, 0.5) is 0 Å². The summed E-state index contributed by atoms with van der Waals surface area (Å²) in [6.45, 7) is 7.02. The van der Waals surface area contributed by atoms with E-state index in [1.807, 2.05) is 0 Å². The average Bonchev–Trinajstić information content (AvgIpc) is 2.89. The molecule has 0 bridgehead atoms. The third-order valence-corrected chi connectivity index (χ3v) is 5.71. The first-order valence-electron chi connectivity index (χ1n) is 7.86. The largest absolute Gasteiger partial charge is 0.308 e. The maximum Gasteiger partial charge on any atom is 0.0324 e. The first kappa shape index (κ1) is 14.6. The van der Waals surface area contributed by atoms with Crippen molar-refractivity contribution in [3.05, 3.63) is 34.3 Å². The first-order chi connectivity index (χ1) is 9.60. The highest BCUT2D eigenvalue weighted by molar-refractivity contribution is 9.10. The molecule has 1 heterocycles. The van der Waals surface area contributed by atoms with Gasteiger partial charge in [0, 0.05) is 35.2 Å². The van der Waals surface area contributed by atoms with Crippen molar-refractivity contribution < 1.29 is 0 Å². The van der Waals surface area contributed by atoms with E-state index in [0.29, 0.717) is 17.6 Å². The summed E-state index contributed by atoms with van der Waals surface area (Å²) in [5.74, 6) is 0. The van der Waals surface area contributed by atoms with Crippen LogP contribution in [0.1, 0.15) is 51.1 Å². The second-order valence-electron chi connectivity index (χ2n) is 6.62. The standard InChI is InChI=1S/C17H25BrN2/c1-13-11-19-17(8-3-4-9-17)12-20(13)14(2)15-6-5-7-16(18)10-15/h5-7,10,13-14,19H,3-4,8-9,11-12H2,1-2H3. The summed E-state index contributed by atoms with van der Waals surface area (Å²) in [5.41, 5.74) is 1.81. The highest BCUT2D eigenvalue weighted by Gasteiger charge is 2.41. The first-order valence-corrected chi connectivity index (χ1v) is 8.65. The fourth-order valence-corrected chi connectivity index (χ4v) is 4.32. The van der Waals surface area contributed by atoms with Crippen LogP contribution in [0.2, 0.25) is 0 Å². The molecule has 1 aromatic rings. The van der Waals surface area contributed by atoms with Gasteiger partial charge in [-0.15, -0.1) is 0 Å². The van der Waals surface area contributed by atoms with Crippen molar-refractivity contribution in [3.63, 3.8) is 0 Å². The Balaban J connectivity index is 1.80. The van der Waals surface area contributed by atoms with Gasteiger partial charge in [0.15, 0.2) is 0 Å². The van der Waals surface area contributed by atoms with Gasteiger partial charge in [-0.05, 0) is 44.4 Å². The third kappa shape index (κ3) is 2.81. The predicted octanol–water partition coefficient (Wildman–Crippen LogP) is 4.12. The quantitative estimate of drug-likeness (QED) is 0.873. The molecule has 3 rings (SSSR count). The Bertz CT molecular complexity index is 468. The molecule has 1 aromatic carbocycles. The van der Waals surface area contributed by atoms with Crippen molar-refractivity contribution in [1.29, 1.82) is 0 Å². The predicted molar refractivity (Wildman–Crippen MR) is 87.9 cm³/mol. The van der Waals surface area contributed by atoms with Gasteiger partial charge in [0.1, 0.15) is 0 Å². The summed E-state index contributed by atoms with van der Waals surface area (Å²) in [6, 6.07) is 9.87. The minimum absolute atomic E-state index is 0.396. The second kappa shape index (κ2) is 5.78. The van der Waals surface area contributed by atoms with Crippen molar-refractivity contribution in [2.75, 3.05) is 13.1 Å². The number of hydrogen-bond donors (Lipinski definition) is 1. The highest BCUT2D eigenvalue weighted by atomic mass is 79.9. The summed E-state index contributed by atoms with van der Waals surface area (Å²) in [7, 11) is 0.